The van der Waals surface area contributed by atoms with Crippen molar-refractivity contribution >= 4 is 11.8 Å². The molecule has 0 bridgehead atoms. The molecule has 7 heteroatoms. The number of hydrogen-bond acceptors (Lipinski definition) is 7. The Morgan fingerprint density at radius 2 is 1.86 bits per heavy atom. The number of Topliss-reactive ketones (excluding diaryl/α,β-unsaturated/α-hetero) is 1. The molecule has 7 nitrogen and oxygen atoms in total. The second-order valence-corrected chi connectivity index (χ2v) is 10.1. The van der Waals surface area contributed by atoms with Gasteiger partial charge in [-0.15, -0.1) is 0 Å². The van der Waals surface area contributed by atoms with Gasteiger partial charge in [-0.3, -0.25) is 9.69 Å². The van der Waals surface area contributed by atoms with Crippen molar-refractivity contribution in [1.82, 2.24) is 10.2 Å². The average molecular weight is 491 g/mol. The van der Waals surface area contributed by atoms with Crippen LogP contribution >= 0.6 is 0 Å². The lowest BCUT2D eigenvalue weighted by molar-refractivity contribution is -0.139. The number of rotatable bonds is 7. The molecule has 0 saturated carbocycles. The zero-order valence-electron chi connectivity index (χ0n) is 21.3. The zero-order chi connectivity index (χ0) is 25.9. The number of dihydropyridines is 1. The summed E-state index contributed by atoms with van der Waals surface area (Å²) in [5.41, 5.74) is 3.54. The van der Waals surface area contributed by atoms with Crippen molar-refractivity contribution in [1.29, 1.82) is 0 Å². The molecule has 0 spiro atoms. The topological polar surface area (TPSA) is 88.1 Å². The molecule has 190 valence electrons. The van der Waals surface area contributed by atoms with Gasteiger partial charge < -0.3 is 19.9 Å². The molecule has 1 atom stereocenters. The van der Waals surface area contributed by atoms with E-state index < -0.39 is 17.5 Å². The lowest BCUT2D eigenvalue weighted by Gasteiger charge is -2.39. The summed E-state index contributed by atoms with van der Waals surface area (Å²) in [6, 6.07) is 16.7. The smallest absolute Gasteiger partial charge is 0.336 e. The highest BCUT2D eigenvalue weighted by atomic mass is 16.5. The molecule has 4 rings (SSSR count). The van der Waals surface area contributed by atoms with Gasteiger partial charge in [-0.1, -0.05) is 42.5 Å². The first-order chi connectivity index (χ1) is 17.2. The molecule has 0 fully saturated rings. The van der Waals surface area contributed by atoms with Gasteiger partial charge in [-0.25, -0.2) is 4.79 Å². The fourth-order valence-corrected chi connectivity index (χ4v) is 4.67. The fraction of sp³-hybridized carbons (Fsp3) is 0.379. The van der Waals surface area contributed by atoms with E-state index in [9.17, 15) is 14.7 Å². The molecular weight excluding hydrogens is 456 g/mol. The van der Waals surface area contributed by atoms with Gasteiger partial charge in [-0.2, -0.15) is 0 Å². The molecular formula is C29H34N2O5. The maximum Gasteiger partial charge on any atom is 0.336 e. The second-order valence-electron chi connectivity index (χ2n) is 10.1. The number of carbonyl (C=O) groups excluding carboxylic acids is 2. The van der Waals surface area contributed by atoms with Gasteiger partial charge in [0.15, 0.2) is 5.78 Å². The third kappa shape index (κ3) is 5.86. The van der Waals surface area contributed by atoms with Crippen LogP contribution in [0.5, 0.6) is 5.75 Å². The monoisotopic (exact) mass is 490 g/mol. The van der Waals surface area contributed by atoms with Crippen LogP contribution < -0.4 is 5.32 Å². The van der Waals surface area contributed by atoms with Crippen LogP contribution in [0.25, 0.3) is 0 Å². The first kappa shape index (κ1) is 25.7. The maximum absolute atomic E-state index is 13.6. The molecule has 2 aliphatic heterocycles. The van der Waals surface area contributed by atoms with E-state index in [4.69, 9.17) is 9.47 Å². The van der Waals surface area contributed by atoms with Crippen molar-refractivity contribution in [3.05, 3.63) is 88.3 Å². The number of ether oxygens (including phenoxy) is 2. The third-order valence-electron chi connectivity index (χ3n) is 6.18. The van der Waals surface area contributed by atoms with Gasteiger partial charge in [0.1, 0.15) is 5.75 Å². The summed E-state index contributed by atoms with van der Waals surface area (Å²) >= 11 is 0. The van der Waals surface area contributed by atoms with Gasteiger partial charge in [-0.05, 0) is 51.0 Å². The minimum atomic E-state index is -0.669. The summed E-state index contributed by atoms with van der Waals surface area (Å²) in [6.07, 6.45) is 0. The van der Waals surface area contributed by atoms with Crippen LogP contribution in [0.15, 0.2) is 77.1 Å². The maximum atomic E-state index is 13.6. The van der Waals surface area contributed by atoms with Crippen molar-refractivity contribution in [3.63, 3.8) is 0 Å². The number of nitrogens with zero attached hydrogens (tertiary/aromatic N) is 1. The summed E-state index contributed by atoms with van der Waals surface area (Å²) in [6.45, 7) is 9.32. The predicted octanol–water partition coefficient (Wildman–Crippen LogP) is 4.05. The van der Waals surface area contributed by atoms with E-state index in [0.717, 1.165) is 11.3 Å². The van der Waals surface area contributed by atoms with E-state index in [-0.39, 0.29) is 31.3 Å². The molecule has 0 aliphatic carbocycles. The largest absolute Gasteiger partial charge is 0.508 e. The average Bonchev–Trinajstić information content (AvgIpc) is 2.82. The van der Waals surface area contributed by atoms with Crippen LogP contribution in [-0.4, -0.2) is 53.7 Å². The molecule has 0 radical (unpaired) electrons. The van der Waals surface area contributed by atoms with E-state index in [1.807, 2.05) is 57.2 Å². The van der Waals surface area contributed by atoms with Crippen LogP contribution in [0.3, 0.4) is 0 Å². The van der Waals surface area contributed by atoms with Crippen LogP contribution in [0.4, 0.5) is 0 Å². The SMILES string of the molecule is CCOC(=O)C1=C(COC(C)(C)C)NC2=C(C(=O)CN(Cc3ccccc3)C2)C1c1cccc(O)c1. The second kappa shape index (κ2) is 10.7. The van der Waals surface area contributed by atoms with Crippen LogP contribution in [0.2, 0.25) is 0 Å². The number of ketones is 1. The first-order valence-electron chi connectivity index (χ1n) is 12.3. The van der Waals surface area contributed by atoms with Crippen molar-refractivity contribution in [2.75, 3.05) is 26.3 Å². The van der Waals surface area contributed by atoms with E-state index in [1.165, 1.54) is 0 Å². The molecule has 1 unspecified atom stereocenters. The Kier molecular flexibility index (Phi) is 7.62. The Morgan fingerprint density at radius 1 is 1.11 bits per heavy atom. The minimum Gasteiger partial charge on any atom is -0.508 e. The molecule has 2 aromatic carbocycles. The number of esters is 1. The number of benzene rings is 2. The Hall–Kier alpha value is -3.42. The van der Waals surface area contributed by atoms with E-state index in [2.05, 4.69) is 10.2 Å². The van der Waals surface area contributed by atoms with Crippen LogP contribution in [0, 0.1) is 0 Å². The Balaban J connectivity index is 1.79. The zero-order valence-corrected chi connectivity index (χ0v) is 21.3. The number of phenolic OH excluding ortho intramolecular Hbond substituents is 1. The Bertz CT molecular complexity index is 1190. The number of hydrogen-bond donors (Lipinski definition) is 2. The quantitative estimate of drug-likeness (QED) is 0.566. The first-order valence-corrected chi connectivity index (χ1v) is 12.3. The summed E-state index contributed by atoms with van der Waals surface area (Å²) in [5.74, 6) is -1.17. The third-order valence-corrected chi connectivity index (χ3v) is 6.18. The molecule has 36 heavy (non-hydrogen) atoms. The van der Waals surface area contributed by atoms with Crippen molar-refractivity contribution < 1.29 is 24.2 Å². The highest BCUT2D eigenvalue weighted by Crippen LogP contribution is 2.42. The lowest BCUT2D eigenvalue weighted by atomic mass is 9.77. The van der Waals surface area contributed by atoms with Gasteiger partial charge in [0.25, 0.3) is 0 Å². The van der Waals surface area contributed by atoms with E-state index in [1.54, 1.807) is 25.1 Å². The van der Waals surface area contributed by atoms with Gasteiger partial charge in [0, 0.05) is 30.3 Å². The number of carbonyl (C=O) groups is 2. The van der Waals surface area contributed by atoms with Crippen molar-refractivity contribution in [2.24, 2.45) is 0 Å². The molecule has 2 heterocycles. The highest BCUT2D eigenvalue weighted by Gasteiger charge is 2.42. The van der Waals surface area contributed by atoms with Crippen LogP contribution in [0.1, 0.15) is 44.7 Å². The molecule has 0 amide bonds. The Labute approximate surface area is 212 Å². The standard InChI is InChI=1S/C29H34N2O5/c1-5-35-28(34)27-23(18-36-29(2,3)4)30-22-16-31(15-19-10-7-6-8-11-19)17-24(33)26(22)25(27)20-12-9-13-21(32)14-20/h6-14,25,30,32H,5,15-18H2,1-4H3. The number of nitrogens with one attached hydrogen (secondary N) is 1. The molecule has 0 saturated heterocycles. The van der Waals surface area contributed by atoms with E-state index >= 15 is 0 Å². The normalized spacial score (nSPS) is 18.7. The van der Waals surface area contributed by atoms with Gasteiger partial charge in [0.05, 0.1) is 36.6 Å². The lowest BCUT2D eigenvalue weighted by Crippen LogP contribution is -2.46. The molecule has 2 N–H and O–H groups in total. The van der Waals surface area contributed by atoms with Gasteiger partial charge in [0.2, 0.25) is 0 Å². The minimum absolute atomic E-state index is 0.0642. The summed E-state index contributed by atoms with van der Waals surface area (Å²) in [7, 11) is 0. The number of aromatic hydroxyl groups is 1. The Morgan fingerprint density at radius 3 is 2.53 bits per heavy atom. The number of phenols is 1. The van der Waals surface area contributed by atoms with Gasteiger partial charge >= 0.3 is 5.97 Å². The van der Waals surface area contributed by atoms with Crippen molar-refractivity contribution in [3.8, 4) is 5.75 Å². The summed E-state index contributed by atoms with van der Waals surface area (Å²) in [5, 5.41) is 13.6. The van der Waals surface area contributed by atoms with E-state index in [0.29, 0.717) is 35.5 Å². The summed E-state index contributed by atoms with van der Waals surface area (Å²) < 4.78 is 11.5. The fourth-order valence-electron chi connectivity index (χ4n) is 4.67. The molecule has 2 aliphatic rings. The molecule has 2 aromatic rings. The summed E-state index contributed by atoms with van der Waals surface area (Å²) in [4.78, 5) is 29.0. The van der Waals surface area contributed by atoms with Crippen molar-refractivity contribution in [2.45, 2.75) is 45.8 Å². The highest BCUT2D eigenvalue weighted by molar-refractivity contribution is 6.05. The molecule has 0 aromatic heterocycles. The predicted molar refractivity (Wildman–Crippen MR) is 137 cm³/mol. The van der Waals surface area contributed by atoms with Crippen LogP contribution in [-0.2, 0) is 25.6 Å².